The molecule has 110 valence electrons. The molecule has 1 unspecified atom stereocenters. The SMILES string of the molecule is CC1(C)CC(N2CC(N3CCNCC3)C2)C(C)(C)O1. The highest BCUT2D eigenvalue weighted by molar-refractivity contribution is 5.04. The molecule has 3 aliphatic rings. The zero-order chi connectivity index (χ0) is 13.7. The maximum Gasteiger partial charge on any atom is 0.0789 e. The van der Waals surface area contributed by atoms with Crippen LogP contribution in [0, 0.1) is 0 Å². The van der Waals surface area contributed by atoms with Gasteiger partial charge in [-0.1, -0.05) is 0 Å². The zero-order valence-electron chi connectivity index (χ0n) is 12.9. The molecule has 0 aromatic carbocycles. The molecule has 4 nitrogen and oxygen atoms in total. The van der Waals surface area contributed by atoms with Crippen molar-refractivity contribution in [3.63, 3.8) is 0 Å². The molecule has 3 rings (SSSR count). The minimum Gasteiger partial charge on any atom is -0.368 e. The summed E-state index contributed by atoms with van der Waals surface area (Å²) in [5.41, 5.74) is 0.0339. The molecule has 1 N–H and O–H groups in total. The molecule has 0 spiro atoms. The minimum absolute atomic E-state index is 0.00206. The van der Waals surface area contributed by atoms with Gasteiger partial charge in [0.1, 0.15) is 0 Å². The van der Waals surface area contributed by atoms with Crippen molar-refractivity contribution in [2.24, 2.45) is 0 Å². The highest BCUT2D eigenvalue weighted by atomic mass is 16.5. The van der Waals surface area contributed by atoms with Gasteiger partial charge in [0.25, 0.3) is 0 Å². The lowest BCUT2D eigenvalue weighted by Gasteiger charge is -2.51. The molecule has 19 heavy (non-hydrogen) atoms. The van der Waals surface area contributed by atoms with Crippen LogP contribution in [-0.4, -0.2) is 72.4 Å². The van der Waals surface area contributed by atoms with Crippen LogP contribution < -0.4 is 5.32 Å². The van der Waals surface area contributed by atoms with Crippen LogP contribution in [0.4, 0.5) is 0 Å². The Kier molecular flexibility index (Phi) is 3.41. The summed E-state index contributed by atoms with van der Waals surface area (Å²) in [5, 5.41) is 3.43. The Balaban J connectivity index is 1.55. The first-order valence-electron chi connectivity index (χ1n) is 7.76. The van der Waals surface area contributed by atoms with Gasteiger partial charge in [-0.25, -0.2) is 0 Å². The zero-order valence-corrected chi connectivity index (χ0v) is 12.9. The number of hydrogen-bond donors (Lipinski definition) is 1. The molecule has 1 atom stereocenters. The molecule has 4 heteroatoms. The summed E-state index contributed by atoms with van der Waals surface area (Å²) in [6, 6.07) is 1.36. The van der Waals surface area contributed by atoms with Crippen molar-refractivity contribution in [1.29, 1.82) is 0 Å². The number of nitrogens with zero attached hydrogens (tertiary/aromatic N) is 2. The average Bonchev–Trinajstić information content (AvgIpc) is 2.46. The summed E-state index contributed by atoms with van der Waals surface area (Å²) in [4.78, 5) is 5.29. The van der Waals surface area contributed by atoms with E-state index >= 15 is 0 Å². The van der Waals surface area contributed by atoms with Crippen molar-refractivity contribution in [1.82, 2.24) is 15.1 Å². The Bertz CT molecular complexity index is 330. The second-order valence-corrected chi connectivity index (χ2v) is 7.58. The molecule has 0 saturated carbocycles. The van der Waals surface area contributed by atoms with Gasteiger partial charge in [-0.15, -0.1) is 0 Å². The second kappa shape index (κ2) is 4.69. The highest BCUT2D eigenvalue weighted by Gasteiger charge is 2.51. The van der Waals surface area contributed by atoms with Crippen molar-refractivity contribution in [3.05, 3.63) is 0 Å². The first-order chi connectivity index (χ1) is 8.87. The van der Waals surface area contributed by atoms with Gasteiger partial charge in [0.2, 0.25) is 0 Å². The van der Waals surface area contributed by atoms with Gasteiger partial charge >= 0.3 is 0 Å². The topological polar surface area (TPSA) is 27.7 Å². The van der Waals surface area contributed by atoms with Crippen LogP contribution in [-0.2, 0) is 4.74 Å². The standard InChI is InChI=1S/C15H29N3O/c1-14(2)9-13(15(3,4)19-14)18-10-12(11-18)17-7-5-16-6-8-17/h12-13,16H,5-11H2,1-4H3. The molecule has 3 fully saturated rings. The summed E-state index contributed by atoms with van der Waals surface area (Å²) < 4.78 is 6.22. The van der Waals surface area contributed by atoms with Gasteiger partial charge in [-0.05, 0) is 34.1 Å². The number of ether oxygens (including phenoxy) is 1. The van der Waals surface area contributed by atoms with Gasteiger partial charge in [-0.2, -0.15) is 0 Å². The Labute approximate surface area is 117 Å². The molecular weight excluding hydrogens is 238 g/mol. The number of likely N-dealkylation sites (tertiary alicyclic amines) is 1. The molecule has 0 amide bonds. The fourth-order valence-corrected chi connectivity index (χ4v) is 4.12. The number of rotatable bonds is 2. The Morgan fingerprint density at radius 3 is 2.16 bits per heavy atom. The van der Waals surface area contributed by atoms with Crippen LogP contribution in [0.1, 0.15) is 34.1 Å². The van der Waals surface area contributed by atoms with Crippen molar-refractivity contribution >= 4 is 0 Å². The van der Waals surface area contributed by atoms with E-state index in [1.807, 2.05) is 0 Å². The molecule has 0 aromatic heterocycles. The van der Waals surface area contributed by atoms with Crippen molar-refractivity contribution < 1.29 is 4.74 Å². The molecule has 3 heterocycles. The van der Waals surface area contributed by atoms with Crippen LogP contribution in [0.15, 0.2) is 0 Å². The Morgan fingerprint density at radius 1 is 1.00 bits per heavy atom. The van der Waals surface area contributed by atoms with Gasteiger partial charge in [0.05, 0.1) is 11.2 Å². The monoisotopic (exact) mass is 267 g/mol. The lowest BCUT2D eigenvalue weighted by molar-refractivity contribution is -0.0958. The molecule has 0 radical (unpaired) electrons. The molecular formula is C15H29N3O. The van der Waals surface area contributed by atoms with Crippen LogP contribution in [0.25, 0.3) is 0 Å². The van der Waals surface area contributed by atoms with Gasteiger partial charge in [-0.3, -0.25) is 9.80 Å². The van der Waals surface area contributed by atoms with E-state index < -0.39 is 0 Å². The largest absolute Gasteiger partial charge is 0.368 e. The van der Waals surface area contributed by atoms with E-state index in [0.717, 1.165) is 25.6 Å². The normalized spacial score (nSPS) is 36.3. The van der Waals surface area contributed by atoms with Crippen LogP contribution >= 0.6 is 0 Å². The third-order valence-electron chi connectivity index (χ3n) is 5.03. The predicted molar refractivity (Wildman–Crippen MR) is 77.5 cm³/mol. The molecule has 0 bridgehead atoms. The van der Waals surface area contributed by atoms with Crippen molar-refractivity contribution in [2.75, 3.05) is 39.3 Å². The molecule has 3 saturated heterocycles. The van der Waals surface area contributed by atoms with E-state index in [4.69, 9.17) is 4.74 Å². The van der Waals surface area contributed by atoms with Crippen LogP contribution in [0.2, 0.25) is 0 Å². The van der Waals surface area contributed by atoms with E-state index in [0.29, 0.717) is 6.04 Å². The van der Waals surface area contributed by atoms with E-state index in [1.54, 1.807) is 0 Å². The van der Waals surface area contributed by atoms with Crippen molar-refractivity contribution in [3.8, 4) is 0 Å². The van der Waals surface area contributed by atoms with Gasteiger partial charge in [0, 0.05) is 51.4 Å². The molecule has 0 aliphatic carbocycles. The lowest BCUT2D eigenvalue weighted by Crippen LogP contribution is -2.66. The highest BCUT2D eigenvalue weighted by Crippen LogP contribution is 2.41. The summed E-state index contributed by atoms with van der Waals surface area (Å²) >= 11 is 0. The van der Waals surface area contributed by atoms with E-state index in [9.17, 15) is 0 Å². The summed E-state index contributed by atoms with van der Waals surface area (Å²) in [6.07, 6.45) is 1.16. The fourth-order valence-electron chi connectivity index (χ4n) is 4.12. The fraction of sp³-hybridized carbons (Fsp3) is 1.00. The maximum absolute atomic E-state index is 6.22. The number of piperazine rings is 1. The molecule has 3 aliphatic heterocycles. The second-order valence-electron chi connectivity index (χ2n) is 7.58. The summed E-state index contributed by atoms with van der Waals surface area (Å²) in [5.74, 6) is 0. The predicted octanol–water partition coefficient (Wildman–Crippen LogP) is 0.922. The first-order valence-corrected chi connectivity index (χ1v) is 7.76. The third kappa shape index (κ3) is 2.68. The smallest absolute Gasteiger partial charge is 0.0789 e. The van der Waals surface area contributed by atoms with Gasteiger partial charge in [0.15, 0.2) is 0 Å². The Morgan fingerprint density at radius 2 is 1.63 bits per heavy atom. The maximum atomic E-state index is 6.22. The quantitative estimate of drug-likeness (QED) is 0.805. The molecule has 0 aromatic rings. The van der Waals surface area contributed by atoms with E-state index in [-0.39, 0.29) is 11.2 Å². The van der Waals surface area contributed by atoms with Crippen LogP contribution in [0.5, 0.6) is 0 Å². The van der Waals surface area contributed by atoms with Crippen LogP contribution in [0.3, 0.4) is 0 Å². The summed E-state index contributed by atoms with van der Waals surface area (Å²) in [7, 11) is 0. The first kappa shape index (κ1) is 13.8. The lowest BCUT2D eigenvalue weighted by atomic mass is 9.89. The minimum atomic E-state index is -0.00206. The van der Waals surface area contributed by atoms with E-state index in [1.165, 1.54) is 26.2 Å². The van der Waals surface area contributed by atoms with Crippen molar-refractivity contribution in [2.45, 2.75) is 57.4 Å². The average molecular weight is 267 g/mol. The van der Waals surface area contributed by atoms with Gasteiger partial charge < -0.3 is 10.1 Å². The number of hydrogen-bond acceptors (Lipinski definition) is 4. The van der Waals surface area contributed by atoms with E-state index in [2.05, 4.69) is 42.8 Å². The number of nitrogens with one attached hydrogen (secondary N) is 1. The third-order valence-corrected chi connectivity index (χ3v) is 5.03. The summed E-state index contributed by atoms with van der Waals surface area (Å²) in [6.45, 7) is 16.2. The Hall–Kier alpha value is -0.160.